The van der Waals surface area contributed by atoms with E-state index in [1.165, 1.54) is 64.8 Å². The summed E-state index contributed by atoms with van der Waals surface area (Å²) in [5.41, 5.74) is 0. The number of hydrogen-bond donors (Lipinski definition) is 0. The normalized spacial score (nSPS) is 28.5. The lowest BCUT2D eigenvalue weighted by Crippen LogP contribution is -2.55. The Bertz CT molecular complexity index is 279. The molecule has 0 radical (unpaired) electrons. The molecule has 2 atom stereocenters. The second kappa shape index (κ2) is 7.77. The second-order valence-electron chi connectivity index (χ2n) is 7.13. The van der Waals surface area contributed by atoms with Crippen LogP contribution in [-0.4, -0.2) is 72.6 Å². The molecule has 2 aliphatic heterocycles. The van der Waals surface area contributed by atoms with E-state index in [2.05, 4.69) is 42.5 Å². The maximum absolute atomic E-state index is 2.79. The van der Waals surface area contributed by atoms with Gasteiger partial charge in [-0.25, -0.2) is 0 Å². The van der Waals surface area contributed by atoms with E-state index in [4.69, 9.17) is 0 Å². The summed E-state index contributed by atoms with van der Waals surface area (Å²) in [7, 11) is 2.25. The minimum absolute atomic E-state index is 0.681. The van der Waals surface area contributed by atoms with Crippen LogP contribution in [0.5, 0.6) is 0 Å². The Labute approximate surface area is 126 Å². The highest BCUT2D eigenvalue weighted by atomic mass is 15.3. The van der Waals surface area contributed by atoms with Crippen LogP contribution in [-0.2, 0) is 0 Å². The molecule has 0 spiro atoms. The molecule has 3 nitrogen and oxygen atoms in total. The standard InChI is InChI=1S/C17H35N3/c1-5-16-13-20-12-8-9-17(20)14-19(16)11-7-6-10-18(4)15(2)3/h15-17H,5-14H2,1-4H3. The molecule has 0 N–H and O–H groups in total. The first-order valence-corrected chi connectivity index (χ1v) is 8.80. The summed E-state index contributed by atoms with van der Waals surface area (Å²) in [4.78, 5) is 8.01. The molecule has 0 aliphatic carbocycles. The first-order chi connectivity index (χ1) is 9.61. The first-order valence-electron chi connectivity index (χ1n) is 8.80. The Hall–Kier alpha value is -0.120. The van der Waals surface area contributed by atoms with Gasteiger partial charge in [-0.05, 0) is 72.6 Å². The average Bonchev–Trinajstić information content (AvgIpc) is 2.89. The van der Waals surface area contributed by atoms with E-state index in [0.717, 1.165) is 12.1 Å². The van der Waals surface area contributed by atoms with Gasteiger partial charge >= 0.3 is 0 Å². The maximum Gasteiger partial charge on any atom is 0.0224 e. The Balaban J connectivity index is 1.70. The van der Waals surface area contributed by atoms with Gasteiger partial charge in [0, 0.05) is 31.2 Å². The number of hydrogen-bond acceptors (Lipinski definition) is 3. The molecule has 20 heavy (non-hydrogen) atoms. The Morgan fingerprint density at radius 1 is 1.20 bits per heavy atom. The number of rotatable bonds is 7. The van der Waals surface area contributed by atoms with Crippen molar-refractivity contribution < 1.29 is 0 Å². The molecule has 0 aromatic heterocycles. The zero-order valence-corrected chi connectivity index (χ0v) is 14.1. The number of nitrogens with zero attached hydrogens (tertiary/aromatic N) is 3. The van der Waals surface area contributed by atoms with Crippen molar-refractivity contribution in [3.8, 4) is 0 Å². The molecule has 2 aliphatic rings. The molecule has 0 saturated carbocycles. The molecule has 0 aromatic carbocycles. The third-order valence-electron chi connectivity index (χ3n) is 5.46. The molecular formula is C17H35N3. The van der Waals surface area contributed by atoms with E-state index in [1.807, 2.05) is 0 Å². The van der Waals surface area contributed by atoms with Gasteiger partial charge in [-0.2, -0.15) is 0 Å². The van der Waals surface area contributed by atoms with Gasteiger partial charge in [0.1, 0.15) is 0 Å². The molecule has 2 unspecified atom stereocenters. The average molecular weight is 281 g/mol. The minimum Gasteiger partial charge on any atom is -0.304 e. The molecule has 2 rings (SSSR count). The van der Waals surface area contributed by atoms with Crippen LogP contribution < -0.4 is 0 Å². The summed E-state index contributed by atoms with van der Waals surface area (Å²) in [6, 6.07) is 2.36. The molecule has 0 aromatic rings. The zero-order valence-electron chi connectivity index (χ0n) is 14.1. The van der Waals surface area contributed by atoms with E-state index in [1.54, 1.807) is 0 Å². The van der Waals surface area contributed by atoms with Crippen molar-refractivity contribution in [2.24, 2.45) is 0 Å². The molecule has 2 saturated heterocycles. The van der Waals surface area contributed by atoms with Crippen molar-refractivity contribution in [2.75, 3.05) is 39.8 Å². The molecule has 3 heteroatoms. The summed E-state index contributed by atoms with van der Waals surface area (Å²) < 4.78 is 0. The van der Waals surface area contributed by atoms with Crippen molar-refractivity contribution in [3.63, 3.8) is 0 Å². The minimum atomic E-state index is 0.681. The summed E-state index contributed by atoms with van der Waals surface area (Å²) in [6.07, 6.45) is 6.88. The third-order valence-corrected chi connectivity index (χ3v) is 5.46. The largest absolute Gasteiger partial charge is 0.304 e. The number of fused-ring (bicyclic) bond motifs is 1. The van der Waals surface area contributed by atoms with Gasteiger partial charge in [-0.1, -0.05) is 6.92 Å². The van der Waals surface area contributed by atoms with Gasteiger partial charge in [0.05, 0.1) is 0 Å². The van der Waals surface area contributed by atoms with E-state index < -0.39 is 0 Å². The van der Waals surface area contributed by atoms with Gasteiger partial charge in [0.2, 0.25) is 0 Å². The van der Waals surface area contributed by atoms with Crippen molar-refractivity contribution in [3.05, 3.63) is 0 Å². The highest BCUT2D eigenvalue weighted by Crippen LogP contribution is 2.25. The van der Waals surface area contributed by atoms with Crippen LogP contribution in [0.15, 0.2) is 0 Å². The van der Waals surface area contributed by atoms with Crippen LogP contribution in [0.4, 0.5) is 0 Å². The number of piperazine rings is 1. The first kappa shape index (κ1) is 16.3. The Morgan fingerprint density at radius 2 is 2.00 bits per heavy atom. The van der Waals surface area contributed by atoms with Gasteiger partial charge < -0.3 is 4.90 Å². The highest BCUT2D eigenvalue weighted by Gasteiger charge is 2.34. The molecule has 2 heterocycles. The van der Waals surface area contributed by atoms with Gasteiger partial charge in [0.15, 0.2) is 0 Å². The van der Waals surface area contributed by atoms with Crippen LogP contribution in [0.25, 0.3) is 0 Å². The monoisotopic (exact) mass is 281 g/mol. The summed E-state index contributed by atoms with van der Waals surface area (Å²) >= 11 is 0. The van der Waals surface area contributed by atoms with E-state index in [-0.39, 0.29) is 0 Å². The summed E-state index contributed by atoms with van der Waals surface area (Å²) in [6.45, 7) is 13.5. The van der Waals surface area contributed by atoms with Crippen molar-refractivity contribution >= 4 is 0 Å². The maximum atomic E-state index is 2.79. The molecule has 0 amide bonds. The Morgan fingerprint density at radius 3 is 2.70 bits per heavy atom. The predicted molar refractivity (Wildman–Crippen MR) is 87.2 cm³/mol. The molecule has 0 bridgehead atoms. The smallest absolute Gasteiger partial charge is 0.0224 e. The van der Waals surface area contributed by atoms with Crippen LogP contribution in [0.2, 0.25) is 0 Å². The van der Waals surface area contributed by atoms with Gasteiger partial charge in [0.25, 0.3) is 0 Å². The zero-order chi connectivity index (χ0) is 14.5. The molecular weight excluding hydrogens is 246 g/mol. The lowest BCUT2D eigenvalue weighted by Gasteiger charge is -2.43. The highest BCUT2D eigenvalue weighted by molar-refractivity contribution is 4.91. The van der Waals surface area contributed by atoms with E-state index in [0.29, 0.717) is 6.04 Å². The van der Waals surface area contributed by atoms with Crippen molar-refractivity contribution in [1.29, 1.82) is 0 Å². The SMILES string of the molecule is CCC1CN2CCCC2CN1CCCCN(C)C(C)C. The predicted octanol–water partition coefficient (Wildman–Crippen LogP) is 2.67. The fourth-order valence-electron chi connectivity index (χ4n) is 3.74. The Kier molecular flexibility index (Phi) is 6.31. The summed E-state index contributed by atoms with van der Waals surface area (Å²) in [5.74, 6) is 0. The van der Waals surface area contributed by atoms with Crippen LogP contribution in [0.1, 0.15) is 52.9 Å². The number of unbranched alkanes of at least 4 members (excludes halogenated alkanes) is 1. The fourth-order valence-corrected chi connectivity index (χ4v) is 3.74. The quantitative estimate of drug-likeness (QED) is 0.664. The van der Waals surface area contributed by atoms with Crippen LogP contribution in [0.3, 0.4) is 0 Å². The summed E-state index contributed by atoms with van der Waals surface area (Å²) in [5, 5.41) is 0. The molecule has 2 fully saturated rings. The third kappa shape index (κ3) is 4.19. The van der Waals surface area contributed by atoms with Gasteiger partial charge in [-0.15, -0.1) is 0 Å². The van der Waals surface area contributed by atoms with Gasteiger partial charge in [-0.3, -0.25) is 9.80 Å². The van der Waals surface area contributed by atoms with Crippen molar-refractivity contribution in [2.45, 2.75) is 71.0 Å². The lowest BCUT2D eigenvalue weighted by atomic mass is 10.0. The topological polar surface area (TPSA) is 9.72 Å². The van der Waals surface area contributed by atoms with Crippen molar-refractivity contribution in [1.82, 2.24) is 14.7 Å². The van der Waals surface area contributed by atoms with Crippen LogP contribution in [0, 0.1) is 0 Å². The second-order valence-corrected chi connectivity index (χ2v) is 7.13. The lowest BCUT2D eigenvalue weighted by molar-refractivity contribution is 0.0476. The molecule has 118 valence electrons. The van der Waals surface area contributed by atoms with Crippen LogP contribution >= 0.6 is 0 Å². The fraction of sp³-hybridized carbons (Fsp3) is 1.00. The van der Waals surface area contributed by atoms with E-state index >= 15 is 0 Å². The van der Waals surface area contributed by atoms with E-state index in [9.17, 15) is 0 Å².